The van der Waals surface area contributed by atoms with Crippen LogP contribution in [0.4, 0.5) is 5.69 Å². The number of aliphatic carboxylic acids is 1. The van der Waals surface area contributed by atoms with Crippen molar-refractivity contribution >= 4 is 29.2 Å². The van der Waals surface area contributed by atoms with E-state index in [-0.39, 0.29) is 24.9 Å². The Morgan fingerprint density at radius 2 is 1.91 bits per heavy atom. The Morgan fingerprint density at radius 1 is 1.18 bits per heavy atom. The number of halogens is 1. The van der Waals surface area contributed by atoms with Crippen LogP contribution in [0.2, 0.25) is 5.02 Å². The Hall–Kier alpha value is -3.39. The van der Waals surface area contributed by atoms with Gasteiger partial charge in [-0.15, -0.1) is 0 Å². The highest BCUT2D eigenvalue weighted by atomic mass is 35.5. The van der Waals surface area contributed by atoms with Crippen LogP contribution in [0, 0.1) is 12.8 Å². The van der Waals surface area contributed by atoms with Crippen molar-refractivity contribution in [1.82, 2.24) is 20.1 Å². The molecule has 0 saturated heterocycles. The summed E-state index contributed by atoms with van der Waals surface area (Å²) in [6.45, 7) is 1.96. The number of hydrogen-bond donors (Lipinski definition) is 3. The van der Waals surface area contributed by atoms with E-state index in [0.29, 0.717) is 22.3 Å². The van der Waals surface area contributed by atoms with Crippen molar-refractivity contribution in [2.45, 2.75) is 45.1 Å². The summed E-state index contributed by atoms with van der Waals surface area (Å²) in [6.07, 6.45) is 8.15. The summed E-state index contributed by atoms with van der Waals surface area (Å²) in [5.41, 5.74) is 3.28. The number of nitrogens with one attached hydrogen (secondary N) is 2. The molecule has 0 bridgehead atoms. The first-order valence-corrected chi connectivity index (χ1v) is 11.8. The van der Waals surface area contributed by atoms with Crippen LogP contribution in [0.25, 0.3) is 5.82 Å². The largest absolute Gasteiger partial charge is 0.481 e. The van der Waals surface area contributed by atoms with Crippen molar-refractivity contribution in [3.63, 3.8) is 0 Å². The third-order valence-corrected chi connectivity index (χ3v) is 6.54. The zero-order valence-corrected chi connectivity index (χ0v) is 19.8. The molecule has 1 fully saturated rings. The Bertz CT molecular complexity index is 1120. The number of carboxylic acid groups (broad SMARTS) is 1. The number of anilines is 1. The molecule has 1 aliphatic rings. The van der Waals surface area contributed by atoms with Gasteiger partial charge < -0.3 is 15.7 Å². The minimum atomic E-state index is -0.938. The Kier molecular flexibility index (Phi) is 7.47. The highest BCUT2D eigenvalue weighted by Crippen LogP contribution is 2.38. The van der Waals surface area contributed by atoms with E-state index < -0.39 is 5.97 Å². The number of carbonyl (C=O) groups excluding carboxylic acids is 1. The number of aryl methyl sites for hydroxylation is 1. The molecule has 1 amide bonds. The van der Waals surface area contributed by atoms with Crippen molar-refractivity contribution < 1.29 is 14.7 Å². The van der Waals surface area contributed by atoms with Gasteiger partial charge in [-0.2, -0.15) is 5.10 Å². The van der Waals surface area contributed by atoms with E-state index in [0.717, 1.165) is 29.8 Å². The molecule has 2 heterocycles. The van der Waals surface area contributed by atoms with Crippen LogP contribution in [-0.2, 0) is 4.79 Å². The molecule has 1 atom stereocenters. The molecule has 1 aliphatic carbocycles. The van der Waals surface area contributed by atoms with Crippen molar-refractivity contribution in [3.05, 3.63) is 70.6 Å². The normalized spacial score (nSPS) is 14.6. The number of benzene rings is 1. The van der Waals surface area contributed by atoms with Crippen molar-refractivity contribution in [3.8, 4) is 5.82 Å². The smallest absolute Gasteiger partial charge is 0.305 e. The number of amides is 1. The van der Waals surface area contributed by atoms with Gasteiger partial charge in [0, 0.05) is 12.1 Å². The molecular formula is C25H28ClN5O3. The van der Waals surface area contributed by atoms with Crippen LogP contribution in [0.15, 0.2) is 48.8 Å². The van der Waals surface area contributed by atoms with E-state index in [9.17, 15) is 9.59 Å². The summed E-state index contributed by atoms with van der Waals surface area (Å²) in [5.74, 6) is -0.0298. The van der Waals surface area contributed by atoms with Gasteiger partial charge >= 0.3 is 5.97 Å². The molecule has 8 nitrogen and oxygen atoms in total. The number of pyridine rings is 1. The lowest BCUT2D eigenvalue weighted by molar-refractivity contribution is -0.136. The molecule has 0 aliphatic heterocycles. The van der Waals surface area contributed by atoms with Crippen LogP contribution in [0.5, 0.6) is 0 Å². The summed E-state index contributed by atoms with van der Waals surface area (Å²) in [5, 5.41) is 20.0. The number of rotatable bonds is 9. The first-order chi connectivity index (χ1) is 16.4. The highest BCUT2D eigenvalue weighted by molar-refractivity contribution is 6.31. The molecule has 0 unspecified atom stereocenters. The van der Waals surface area contributed by atoms with Gasteiger partial charge in [0.2, 0.25) is 0 Å². The first kappa shape index (κ1) is 23.8. The predicted molar refractivity (Wildman–Crippen MR) is 130 cm³/mol. The summed E-state index contributed by atoms with van der Waals surface area (Å²) >= 11 is 6.12. The van der Waals surface area contributed by atoms with E-state index >= 15 is 0 Å². The van der Waals surface area contributed by atoms with Gasteiger partial charge in [0.1, 0.15) is 0 Å². The topological polar surface area (TPSA) is 109 Å². The minimum absolute atomic E-state index is 0.0978. The number of carboxylic acids is 1. The maximum atomic E-state index is 12.3. The predicted octanol–water partition coefficient (Wildman–Crippen LogP) is 4.78. The third-order valence-electron chi connectivity index (χ3n) is 6.17. The number of aromatic nitrogens is 3. The summed E-state index contributed by atoms with van der Waals surface area (Å²) in [7, 11) is 0. The number of carbonyl (C=O) groups is 2. The zero-order valence-electron chi connectivity index (χ0n) is 19.0. The molecule has 34 heavy (non-hydrogen) atoms. The molecule has 178 valence electrons. The molecule has 0 radical (unpaired) electrons. The number of hydrogen-bond acceptors (Lipinski definition) is 5. The lowest BCUT2D eigenvalue weighted by Gasteiger charge is -2.26. The first-order valence-electron chi connectivity index (χ1n) is 11.5. The van der Waals surface area contributed by atoms with Crippen LogP contribution in [0.1, 0.15) is 59.8 Å². The van der Waals surface area contributed by atoms with E-state index in [1.165, 1.54) is 12.8 Å². The standard InChI is InChI=1S/C25H28ClN5O3/c1-16-21(26)15-31(30-16)22-11-10-20(14-28-22)29-24(17-4-2-3-5-17)18-6-8-19(9-7-18)25(34)27-13-12-23(32)33/h6-11,14-15,17,24,29H,2-5,12-13H2,1H3,(H,27,34)(H,32,33)/t24-/m1/s1. The second kappa shape index (κ2) is 10.7. The van der Waals surface area contributed by atoms with E-state index in [1.54, 1.807) is 29.2 Å². The zero-order chi connectivity index (χ0) is 24.1. The summed E-state index contributed by atoms with van der Waals surface area (Å²) in [4.78, 5) is 27.5. The van der Waals surface area contributed by atoms with Crippen molar-refractivity contribution in [2.24, 2.45) is 5.92 Å². The van der Waals surface area contributed by atoms with Crippen molar-refractivity contribution in [2.75, 3.05) is 11.9 Å². The lowest BCUT2D eigenvalue weighted by Crippen LogP contribution is -2.26. The quantitative estimate of drug-likeness (QED) is 0.406. The summed E-state index contributed by atoms with van der Waals surface area (Å²) < 4.78 is 1.66. The molecule has 0 spiro atoms. The third kappa shape index (κ3) is 5.75. The fourth-order valence-electron chi connectivity index (χ4n) is 4.33. The average Bonchev–Trinajstić information content (AvgIpc) is 3.48. The average molecular weight is 482 g/mol. The molecule has 3 aromatic rings. The molecule has 1 aromatic carbocycles. The summed E-state index contributed by atoms with van der Waals surface area (Å²) in [6, 6.07) is 11.5. The van der Waals surface area contributed by atoms with Crippen LogP contribution < -0.4 is 10.6 Å². The van der Waals surface area contributed by atoms with Gasteiger partial charge in [-0.25, -0.2) is 9.67 Å². The lowest BCUT2D eigenvalue weighted by atomic mass is 9.91. The maximum Gasteiger partial charge on any atom is 0.305 e. The molecule has 4 rings (SSSR count). The Labute approximate surface area is 203 Å². The SMILES string of the molecule is Cc1nn(-c2ccc(N[C@@H](c3ccc(C(=O)NCCC(=O)O)cc3)C3CCCC3)cn2)cc1Cl. The van der Waals surface area contributed by atoms with Crippen LogP contribution in [0.3, 0.4) is 0 Å². The van der Waals surface area contributed by atoms with E-state index in [1.807, 2.05) is 31.2 Å². The van der Waals surface area contributed by atoms with Crippen LogP contribution in [-0.4, -0.2) is 38.3 Å². The van der Waals surface area contributed by atoms with Crippen LogP contribution >= 0.6 is 11.6 Å². The Balaban J connectivity index is 1.48. The fraction of sp³-hybridized carbons (Fsp3) is 0.360. The van der Waals surface area contributed by atoms with Gasteiger partial charge in [0.25, 0.3) is 5.91 Å². The molecule has 1 saturated carbocycles. The maximum absolute atomic E-state index is 12.3. The molecule has 2 aromatic heterocycles. The second-order valence-corrected chi connectivity index (χ2v) is 9.01. The van der Waals surface area contributed by atoms with Gasteiger partial charge in [-0.1, -0.05) is 36.6 Å². The van der Waals surface area contributed by atoms with Gasteiger partial charge in [-0.05, 0) is 55.5 Å². The van der Waals surface area contributed by atoms with Gasteiger partial charge in [0.15, 0.2) is 5.82 Å². The van der Waals surface area contributed by atoms with Gasteiger partial charge in [-0.3, -0.25) is 9.59 Å². The molecular weight excluding hydrogens is 454 g/mol. The van der Waals surface area contributed by atoms with Crippen molar-refractivity contribution in [1.29, 1.82) is 0 Å². The molecule has 9 heteroatoms. The second-order valence-electron chi connectivity index (χ2n) is 8.60. The fourth-order valence-corrected chi connectivity index (χ4v) is 4.46. The van der Waals surface area contributed by atoms with Gasteiger partial charge in [0.05, 0.1) is 41.3 Å². The molecule has 3 N–H and O–H groups in total. The Morgan fingerprint density at radius 3 is 2.50 bits per heavy atom. The number of nitrogens with zero attached hydrogens (tertiary/aromatic N) is 3. The van der Waals surface area contributed by atoms with E-state index in [4.69, 9.17) is 16.7 Å². The minimum Gasteiger partial charge on any atom is -0.481 e. The van der Waals surface area contributed by atoms with E-state index in [2.05, 4.69) is 20.7 Å². The monoisotopic (exact) mass is 481 g/mol. The highest BCUT2D eigenvalue weighted by Gasteiger charge is 2.26.